The quantitative estimate of drug-likeness (QED) is 0.804. The minimum absolute atomic E-state index is 0.337. The largest absolute Gasteiger partial charge is 0.325 e. The number of likely N-dealkylation sites (N-methyl/N-ethyl adjacent to an activating group) is 1. The SMILES string of the molecule is CCN(C(=O)CN1C(=O)N[C@@](C)(c2ccccc2Cl)C1=O)c1ccccc1. The van der Waals surface area contributed by atoms with Crippen molar-refractivity contribution < 1.29 is 14.4 Å². The van der Waals surface area contributed by atoms with E-state index in [0.29, 0.717) is 22.8 Å². The van der Waals surface area contributed by atoms with Gasteiger partial charge in [-0.3, -0.25) is 14.5 Å². The number of benzene rings is 2. The molecular formula is C20H20ClN3O3. The molecule has 0 spiro atoms. The van der Waals surface area contributed by atoms with Crippen LogP contribution in [0, 0.1) is 0 Å². The molecule has 0 radical (unpaired) electrons. The molecule has 1 N–H and O–H groups in total. The number of urea groups is 1. The van der Waals surface area contributed by atoms with Gasteiger partial charge in [0.05, 0.1) is 0 Å². The third-order valence-electron chi connectivity index (χ3n) is 4.67. The van der Waals surface area contributed by atoms with Crippen molar-refractivity contribution >= 4 is 35.1 Å². The number of hydrogen-bond donors (Lipinski definition) is 1. The number of nitrogens with zero attached hydrogens (tertiary/aromatic N) is 2. The summed E-state index contributed by atoms with van der Waals surface area (Å²) in [7, 11) is 0. The standard InChI is InChI=1S/C20H20ClN3O3/c1-3-23(14-9-5-4-6-10-14)17(25)13-24-18(26)20(2,22-19(24)27)15-11-7-8-12-16(15)21/h4-12H,3,13H2,1-2H3,(H,22,27)/t20-/m0/s1. The van der Waals surface area contributed by atoms with Crippen LogP contribution in [0.15, 0.2) is 54.6 Å². The van der Waals surface area contributed by atoms with Crippen molar-refractivity contribution in [3.63, 3.8) is 0 Å². The molecule has 4 amide bonds. The van der Waals surface area contributed by atoms with Crippen LogP contribution >= 0.6 is 11.6 Å². The third kappa shape index (κ3) is 3.40. The maximum Gasteiger partial charge on any atom is 0.325 e. The molecule has 1 aliphatic heterocycles. The Balaban J connectivity index is 1.84. The highest BCUT2D eigenvalue weighted by Crippen LogP contribution is 2.33. The summed E-state index contributed by atoms with van der Waals surface area (Å²) in [5.41, 5.74) is -0.0965. The molecule has 0 unspecified atom stereocenters. The first kappa shape index (κ1) is 18.9. The van der Waals surface area contributed by atoms with Crippen LogP contribution in [-0.4, -0.2) is 35.8 Å². The molecule has 0 saturated carbocycles. The van der Waals surface area contributed by atoms with E-state index in [2.05, 4.69) is 5.32 Å². The minimum atomic E-state index is -1.31. The lowest BCUT2D eigenvalue weighted by molar-refractivity contribution is -0.134. The van der Waals surface area contributed by atoms with Gasteiger partial charge in [0.1, 0.15) is 12.1 Å². The molecule has 2 aromatic carbocycles. The summed E-state index contributed by atoms with van der Waals surface area (Å²) in [6, 6.07) is 15.3. The number of imide groups is 1. The summed E-state index contributed by atoms with van der Waals surface area (Å²) < 4.78 is 0. The van der Waals surface area contributed by atoms with E-state index in [1.807, 2.05) is 25.1 Å². The van der Waals surface area contributed by atoms with Crippen molar-refractivity contribution in [1.29, 1.82) is 0 Å². The molecule has 140 valence electrons. The van der Waals surface area contributed by atoms with Gasteiger partial charge in [0, 0.05) is 22.8 Å². The molecule has 0 aliphatic carbocycles. The number of halogens is 1. The van der Waals surface area contributed by atoms with Gasteiger partial charge in [0.15, 0.2) is 0 Å². The summed E-state index contributed by atoms with van der Waals surface area (Å²) in [5.74, 6) is -0.839. The zero-order valence-corrected chi connectivity index (χ0v) is 15.9. The molecule has 1 heterocycles. The van der Waals surface area contributed by atoms with Crippen molar-refractivity contribution in [1.82, 2.24) is 10.2 Å². The summed E-state index contributed by atoms with van der Waals surface area (Å²) in [4.78, 5) is 40.7. The fraction of sp³-hybridized carbons (Fsp3) is 0.250. The number of hydrogen-bond acceptors (Lipinski definition) is 3. The van der Waals surface area contributed by atoms with E-state index < -0.39 is 17.5 Å². The Morgan fingerprint density at radius 2 is 1.74 bits per heavy atom. The Kier molecular flexibility index (Phi) is 5.19. The first-order chi connectivity index (χ1) is 12.9. The molecular weight excluding hydrogens is 366 g/mol. The molecule has 6 nitrogen and oxygen atoms in total. The monoisotopic (exact) mass is 385 g/mol. The van der Waals surface area contributed by atoms with Crippen LogP contribution in [0.2, 0.25) is 5.02 Å². The zero-order chi connectivity index (χ0) is 19.6. The summed E-state index contributed by atoms with van der Waals surface area (Å²) in [5, 5.41) is 3.05. The maximum atomic E-state index is 13.0. The molecule has 1 aliphatic rings. The highest BCUT2D eigenvalue weighted by Gasteiger charge is 2.50. The Labute approximate surface area is 162 Å². The highest BCUT2D eigenvalue weighted by molar-refractivity contribution is 6.32. The Morgan fingerprint density at radius 1 is 1.11 bits per heavy atom. The van der Waals surface area contributed by atoms with Crippen LogP contribution in [0.3, 0.4) is 0 Å². The third-order valence-corrected chi connectivity index (χ3v) is 5.00. The van der Waals surface area contributed by atoms with Crippen molar-refractivity contribution in [2.45, 2.75) is 19.4 Å². The summed E-state index contributed by atoms with van der Waals surface area (Å²) in [6.07, 6.45) is 0. The predicted molar refractivity (Wildman–Crippen MR) is 104 cm³/mol. The van der Waals surface area contributed by atoms with Crippen molar-refractivity contribution in [2.75, 3.05) is 18.0 Å². The second-order valence-corrected chi connectivity index (χ2v) is 6.81. The van der Waals surface area contributed by atoms with Gasteiger partial charge in [-0.25, -0.2) is 4.79 Å². The minimum Gasteiger partial charge on any atom is -0.319 e. The second kappa shape index (κ2) is 7.40. The Morgan fingerprint density at radius 3 is 2.37 bits per heavy atom. The Hall–Kier alpha value is -2.86. The molecule has 1 atom stereocenters. The van der Waals surface area contributed by atoms with E-state index in [-0.39, 0.29) is 12.5 Å². The van der Waals surface area contributed by atoms with Crippen molar-refractivity contribution in [3.8, 4) is 0 Å². The number of para-hydroxylation sites is 1. The van der Waals surface area contributed by atoms with E-state index in [4.69, 9.17) is 11.6 Å². The van der Waals surface area contributed by atoms with Gasteiger partial charge >= 0.3 is 6.03 Å². The average molecular weight is 386 g/mol. The van der Waals surface area contributed by atoms with E-state index in [9.17, 15) is 14.4 Å². The normalized spacial score (nSPS) is 19.1. The molecule has 27 heavy (non-hydrogen) atoms. The summed E-state index contributed by atoms with van der Waals surface area (Å²) in [6.45, 7) is 3.51. The van der Waals surface area contributed by atoms with Gasteiger partial charge in [0.2, 0.25) is 5.91 Å². The first-order valence-electron chi connectivity index (χ1n) is 8.63. The molecule has 1 fully saturated rings. The smallest absolute Gasteiger partial charge is 0.319 e. The van der Waals surface area contributed by atoms with Crippen LogP contribution in [-0.2, 0) is 15.1 Å². The van der Waals surface area contributed by atoms with E-state index in [1.54, 1.807) is 43.3 Å². The molecule has 3 rings (SSSR count). The topological polar surface area (TPSA) is 69.7 Å². The number of anilines is 1. The predicted octanol–water partition coefficient (Wildman–Crippen LogP) is 3.16. The van der Waals surface area contributed by atoms with Gasteiger partial charge in [0.25, 0.3) is 5.91 Å². The molecule has 1 saturated heterocycles. The maximum absolute atomic E-state index is 13.0. The molecule has 2 aromatic rings. The fourth-order valence-electron chi connectivity index (χ4n) is 3.22. The van der Waals surface area contributed by atoms with Gasteiger partial charge in [-0.2, -0.15) is 0 Å². The van der Waals surface area contributed by atoms with Crippen LogP contribution in [0.5, 0.6) is 0 Å². The first-order valence-corrected chi connectivity index (χ1v) is 9.00. The molecule has 0 bridgehead atoms. The number of carbonyl (C=O) groups excluding carboxylic acids is 3. The van der Waals surface area contributed by atoms with Gasteiger partial charge in [-0.05, 0) is 32.0 Å². The van der Waals surface area contributed by atoms with Crippen molar-refractivity contribution in [2.24, 2.45) is 0 Å². The summed E-state index contributed by atoms with van der Waals surface area (Å²) >= 11 is 6.22. The average Bonchev–Trinajstić information content (AvgIpc) is 2.87. The zero-order valence-electron chi connectivity index (χ0n) is 15.1. The molecule has 7 heteroatoms. The molecule has 0 aromatic heterocycles. The van der Waals surface area contributed by atoms with Crippen LogP contribution in [0.4, 0.5) is 10.5 Å². The Bertz CT molecular complexity index is 887. The van der Waals surface area contributed by atoms with Gasteiger partial charge in [-0.15, -0.1) is 0 Å². The fourth-order valence-corrected chi connectivity index (χ4v) is 3.55. The van der Waals surface area contributed by atoms with Crippen molar-refractivity contribution in [3.05, 3.63) is 65.2 Å². The van der Waals surface area contributed by atoms with Gasteiger partial charge in [-0.1, -0.05) is 48.0 Å². The lowest BCUT2D eigenvalue weighted by Crippen LogP contribution is -2.44. The lowest BCUT2D eigenvalue weighted by atomic mass is 9.92. The second-order valence-electron chi connectivity index (χ2n) is 6.40. The number of nitrogens with one attached hydrogen (secondary N) is 1. The lowest BCUT2D eigenvalue weighted by Gasteiger charge is -2.25. The number of rotatable bonds is 5. The van der Waals surface area contributed by atoms with E-state index >= 15 is 0 Å². The highest BCUT2D eigenvalue weighted by atomic mass is 35.5. The van der Waals surface area contributed by atoms with E-state index in [1.165, 1.54) is 4.90 Å². The van der Waals surface area contributed by atoms with Crippen LogP contribution < -0.4 is 10.2 Å². The van der Waals surface area contributed by atoms with Gasteiger partial charge < -0.3 is 10.2 Å². The number of amides is 4. The van der Waals surface area contributed by atoms with Crippen LogP contribution in [0.25, 0.3) is 0 Å². The van der Waals surface area contributed by atoms with E-state index in [0.717, 1.165) is 4.90 Å². The number of carbonyl (C=O) groups is 3. The van der Waals surface area contributed by atoms with Crippen LogP contribution in [0.1, 0.15) is 19.4 Å².